The van der Waals surface area contributed by atoms with Gasteiger partial charge < -0.3 is 0 Å². The molecule has 0 bridgehead atoms. The van der Waals surface area contributed by atoms with Crippen LogP contribution in [0.4, 0.5) is 0 Å². The topological polar surface area (TPSA) is 17.1 Å². The molecule has 0 unspecified atom stereocenters. The number of rotatable bonds is 3. The first-order valence-electron chi connectivity index (χ1n) is 6.13. The van der Waals surface area contributed by atoms with Gasteiger partial charge in [0, 0.05) is 22.4 Å². The lowest BCUT2D eigenvalue weighted by atomic mass is 9.84. The Morgan fingerprint density at radius 3 is 2.53 bits per heavy atom. The maximum atomic E-state index is 12.1. The summed E-state index contributed by atoms with van der Waals surface area (Å²) in [5.74, 6) is 0.574. The predicted molar refractivity (Wildman–Crippen MR) is 71.7 cm³/mol. The zero-order chi connectivity index (χ0) is 12.3. The highest BCUT2D eigenvalue weighted by Gasteiger charge is 2.21. The number of Topliss-reactive ketones (excluding diaryl/α,β-unsaturated/α-hetero) is 1. The fourth-order valence-corrected chi connectivity index (χ4v) is 2.90. The Balaban J connectivity index is 2.02. The van der Waals surface area contributed by atoms with Crippen molar-refractivity contribution in [3.63, 3.8) is 0 Å². The SMILES string of the molecule is O=C(Cc1ccc(Cl)cc1Cl)C1CCCCC1. The normalized spacial score (nSPS) is 17.1. The molecule has 3 heteroatoms. The molecule has 2 rings (SSSR count). The molecule has 1 aromatic rings. The maximum absolute atomic E-state index is 12.1. The van der Waals surface area contributed by atoms with Gasteiger partial charge in [-0.2, -0.15) is 0 Å². The van der Waals surface area contributed by atoms with Crippen molar-refractivity contribution in [3.05, 3.63) is 33.8 Å². The zero-order valence-corrected chi connectivity index (χ0v) is 11.2. The summed E-state index contributed by atoms with van der Waals surface area (Å²) >= 11 is 11.9. The van der Waals surface area contributed by atoms with Crippen LogP contribution in [0.3, 0.4) is 0 Å². The van der Waals surface area contributed by atoms with E-state index < -0.39 is 0 Å². The third kappa shape index (κ3) is 3.46. The van der Waals surface area contributed by atoms with Gasteiger partial charge in [0.05, 0.1) is 0 Å². The molecule has 1 aliphatic rings. The molecule has 1 aliphatic carbocycles. The lowest BCUT2D eigenvalue weighted by Gasteiger charge is -2.20. The molecule has 0 N–H and O–H groups in total. The molecule has 1 saturated carbocycles. The Bertz CT molecular complexity index is 409. The monoisotopic (exact) mass is 270 g/mol. The summed E-state index contributed by atoms with van der Waals surface area (Å²) in [6.07, 6.45) is 6.18. The van der Waals surface area contributed by atoms with E-state index in [9.17, 15) is 4.79 Å². The molecule has 1 aromatic carbocycles. The standard InChI is InChI=1S/C14H16Cl2O/c15-12-7-6-11(13(16)9-12)8-14(17)10-4-2-1-3-5-10/h6-7,9-10H,1-5,8H2. The highest BCUT2D eigenvalue weighted by Crippen LogP contribution is 2.27. The van der Waals surface area contributed by atoms with E-state index in [0.29, 0.717) is 22.2 Å². The van der Waals surface area contributed by atoms with E-state index in [0.717, 1.165) is 18.4 Å². The van der Waals surface area contributed by atoms with Crippen molar-refractivity contribution in [2.75, 3.05) is 0 Å². The van der Waals surface area contributed by atoms with Crippen LogP contribution in [0.1, 0.15) is 37.7 Å². The summed E-state index contributed by atoms with van der Waals surface area (Å²) in [7, 11) is 0. The number of carbonyl (C=O) groups is 1. The quantitative estimate of drug-likeness (QED) is 0.779. The Kier molecular flexibility index (Phi) is 4.47. The van der Waals surface area contributed by atoms with Gasteiger partial charge in [-0.25, -0.2) is 0 Å². The summed E-state index contributed by atoms with van der Waals surface area (Å²) in [5, 5.41) is 1.21. The van der Waals surface area contributed by atoms with Crippen molar-refractivity contribution in [2.24, 2.45) is 5.92 Å². The number of hydrogen-bond acceptors (Lipinski definition) is 1. The number of halogens is 2. The second-order valence-corrected chi connectivity index (χ2v) is 5.56. The smallest absolute Gasteiger partial charge is 0.140 e. The second-order valence-electron chi connectivity index (χ2n) is 4.71. The molecular formula is C14H16Cl2O. The van der Waals surface area contributed by atoms with Crippen LogP contribution in [0, 0.1) is 5.92 Å². The Hall–Kier alpha value is -0.530. The van der Waals surface area contributed by atoms with E-state index in [-0.39, 0.29) is 5.92 Å². The first kappa shape index (κ1) is 12.9. The molecule has 0 aliphatic heterocycles. The van der Waals surface area contributed by atoms with Crippen LogP contribution in [0.25, 0.3) is 0 Å². The van der Waals surface area contributed by atoms with Crippen molar-refractivity contribution < 1.29 is 4.79 Å². The third-order valence-corrected chi connectivity index (χ3v) is 4.03. The van der Waals surface area contributed by atoms with Gasteiger partial charge in [-0.1, -0.05) is 48.5 Å². The summed E-state index contributed by atoms with van der Waals surface area (Å²) in [4.78, 5) is 12.1. The van der Waals surface area contributed by atoms with Gasteiger partial charge in [-0.3, -0.25) is 4.79 Å². The average molecular weight is 271 g/mol. The summed E-state index contributed by atoms with van der Waals surface area (Å²) < 4.78 is 0. The van der Waals surface area contributed by atoms with Crippen LogP contribution < -0.4 is 0 Å². The highest BCUT2D eigenvalue weighted by atomic mass is 35.5. The van der Waals surface area contributed by atoms with Gasteiger partial charge in [-0.15, -0.1) is 0 Å². The molecule has 0 saturated heterocycles. The summed E-state index contributed by atoms with van der Waals surface area (Å²) in [6, 6.07) is 5.34. The number of carbonyl (C=O) groups excluding carboxylic acids is 1. The van der Waals surface area contributed by atoms with E-state index in [4.69, 9.17) is 23.2 Å². The molecule has 1 nitrogen and oxygen atoms in total. The lowest BCUT2D eigenvalue weighted by Crippen LogP contribution is -2.19. The van der Waals surface area contributed by atoms with Crippen molar-refractivity contribution in [3.8, 4) is 0 Å². The molecule has 0 radical (unpaired) electrons. The van der Waals surface area contributed by atoms with Gasteiger partial charge in [0.2, 0.25) is 0 Å². The Labute approximate surface area is 112 Å². The number of benzene rings is 1. The second kappa shape index (κ2) is 5.88. The largest absolute Gasteiger partial charge is 0.299 e. The minimum Gasteiger partial charge on any atom is -0.299 e. The van der Waals surface area contributed by atoms with Crippen LogP contribution in [-0.4, -0.2) is 5.78 Å². The average Bonchev–Trinajstić information content (AvgIpc) is 2.34. The highest BCUT2D eigenvalue weighted by molar-refractivity contribution is 6.35. The minimum absolute atomic E-state index is 0.246. The number of ketones is 1. The predicted octanol–water partition coefficient (Wildman–Crippen LogP) is 4.69. The first-order valence-corrected chi connectivity index (χ1v) is 6.89. The molecule has 0 aromatic heterocycles. The molecule has 17 heavy (non-hydrogen) atoms. The molecule has 0 heterocycles. The van der Waals surface area contributed by atoms with Gasteiger partial charge in [0.15, 0.2) is 0 Å². The third-order valence-electron chi connectivity index (χ3n) is 3.44. The molecule has 0 spiro atoms. The molecule has 0 atom stereocenters. The van der Waals surface area contributed by atoms with Crippen LogP contribution >= 0.6 is 23.2 Å². The first-order chi connectivity index (χ1) is 8.16. The Morgan fingerprint density at radius 2 is 1.88 bits per heavy atom. The van der Waals surface area contributed by atoms with E-state index in [1.807, 2.05) is 6.07 Å². The summed E-state index contributed by atoms with van der Waals surface area (Å²) in [5.41, 5.74) is 0.895. The summed E-state index contributed by atoms with van der Waals surface area (Å²) in [6.45, 7) is 0. The van der Waals surface area contributed by atoms with Crippen LogP contribution in [0.5, 0.6) is 0 Å². The van der Waals surface area contributed by atoms with Crippen LogP contribution in [0.2, 0.25) is 10.0 Å². The molecule has 92 valence electrons. The van der Waals surface area contributed by atoms with Gasteiger partial charge >= 0.3 is 0 Å². The van der Waals surface area contributed by atoms with Crippen molar-refractivity contribution in [1.29, 1.82) is 0 Å². The fourth-order valence-electron chi connectivity index (χ4n) is 2.42. The van der Waals surface area contributed by atoms with Gasteiger partial charge in [0.25, 0.3) is 0 Å². The van der Waals surface area contributed by atoms with Crippen molar-refractivity contribution in [2.45, 2.75) is 38.5 Å². The Morgan fingerprint density at radius 1 is 1.18 bits per heavy atom. The van der Waals surface area contributed by atoms with Crippen molar-refractivity contribution in [1.82, 2.24) is 0 Å². The van der Waals surface area contributed by atoms with E-state index in [1.165, 1.54) is 19.3 Å². The fraction of sp³-hybridized carbons (Fsp3) is 0.500. The van der Waals surface area contributed by atoms with E-state index in [1.54, 1.807) is 12.1 Å². The molecule has 0 amide bonds. The van der Waals surface area contributed by atoms with Crippen molar-refractivity contribution >= 4 is 29.0 Å². The van der Waals surface area contributed by atoms with Crippen LogP contribution in [0.15, 0.2) is 18.2 Å². The van der Waals surface area contributed by atoms with Gasteiger partial charge in [0.1, 0.15) is 5.78 Å². The minimum atomic E-state index is 0.246. The molecule has 1 fully saturated rings. The lowest BCUT2D eigenvalue weighted by molar-refractivity contribution is -0.123. The number of hydrogen-bond donors (Lipinski definition) is 0. The zero-order valence-electron chi connectivity index (χ0n) is 9.72. The van der Waals surface area contributed by atoms with Crippen LogP contribution in [-0.2, 0) is 11.2 Å². The van der Waals surface area contributed by atoms with Gasteiger partial charge in [-0.05, 0) is 30.5 Å². The van der Waals surface area contributed by atoms with E-state index in [2.05, 4.69) is 0 Å². The maximum Gasteiger partial charge on any atom is 0.140 e. The van der Waals surface area contributed by atoms with E-state index >= 15 is 0 Å². The molecular weight excluding hydrogens is 255 g/mol.